The van der Waals surface area contributed by atoms with Gasteiger partial charge in [0.05, 0.1) is 6.04 Å². The van der Waals surface area contributed by atoms with Crippen LogP contribution in [-0.4, -0.2) is 54.0 Å². The maximum Gasteiger partial charge on any atom is 0.239 e. The lowest BCUT2D eigenvalue weighted by Crippen LogP contribution is -2.47. The summed E-state index contributed by atoms with van der Waals surface area (Å²) in [7, 11) is 2.13. The molecule has 0 aromatic heterocycles. The largest absolute Gasteiger partial charge is 0.340 e. The molecule has 2 atom stereocenters. The fraction of sp³-hybridized carbons (Fsp3) is 0.923. The predicted molar refractivity (Wildman–Crippen MR) is 70.7 cm³/mol. The van der Waals surface area contributed by atoms with E-state index >= 15 is 0 Å². The first kappa shape index (κ1) is 14.5. The Kier molecular flexibility index (Phi) is 4.95. The third kappa shape index (κ3) is 3.42. The second kappa shape index (κ2) is 5.83. The summed E-state index contributed by atoms with van der Waals surface area (Å²) >= 11 is 0. The van der Waals surface area contributed by atoms with Crippen LogP contribution in [0.4, 0.5) is 0 Å². The molecule has 1 unspecified atom stereocenters. The normalized spacial score (nSPS) is 22.9. The summed E-state index contributed by atoms with van der Waals surface area (Å²) in [4.78, 5) is 16.4. The number of carbonyl (C=O) groups excluding carboxylic acids is 1. The van der Waals surface area contributed by atoms with Gasteiger partial charge in [0.1, 0.15) is 0 Å². The summed E-state index contributed by atoms with van der Waals surface area (Å²) in [5, 5.41) is 0. The lowest BCUT2D eigenvalue weighted by molar-refractivity contribution is -0.132. The molecule has 0 spiro atoms. The van der Waals surface area contributed by atoms with Crippen LogP contribution in [-0.2, 0) is 4.79 Å². The van der Waals surface area contributed by atoms with E-state index < -0.39 is 0 Å². The number of carbonyl (C=O) groups is 1. The zero-order valence-electron chi connectivity index (χ0n) is 11.8. The topological polar surface area (TPSA) is 49.6 Å². The van der Waals surface area contributed by atoms with Crippen molar-refractivity contribution in [1.29, 1.82) is 0 Å². The lowest BCUT2D eigenvalue weighted by Gasteiger charge is -2.29. The van der Waals surface area contributed by atoms with Crippen molar-refractivity contribution in [2.24, 2.45) is 11.7 Å². The number of nitrogens with two attached hydrogens (primary N) is 1. The van der Waals surface area contributed by atoms with Crippen LogP contribution in [0.15, 0.2) is 0 Å². The average molecular weight is 241 g/mol. The number of amides is 1. The molecule has 0 radical (unpaired) electrons. The van der Waals surface area contributed by atoms with Crippen molar-refractivity contribution in [3.63, 3.8) is 0 Å². The Labute approximate surface area is 105 Å². The molecular formula is C13H27N3O. The number of likely N-dealkylation sites (N-methyl/N-ethyl adjacent to an activating group) is 1. The molecule has 0 aromatic rings. The van der Waals surface area contributed by atoms with Crippen molar-refractivity contribution in [2.75, 3.05) is 20.1 Å². The molecule has 1 fully saturated rings. The summed E-state index contributed by atoms with van der Waals surface area (Å²) in [6.45, 7) is 10.0. The number of nitrogens with zero attached hydrogens (tertiary/aromatic N) is 2. The summed E-state index contributed by atoms with van der Waals surface area (Å²) < 4.78 is 0. The first-order valence-electron chi connectivity index (χ1n) is 6.61. The Morgan fingerprint density at radius 3 is 2.41 bits per heavy atom. The SMILES string of the molecule is CC(C)[C@H](N)C(=O)N1CCC(N(C)C(C)C)C1. The van der Waals surface area contributed by atoms with Gasteiger partial charge in [-0.2, -0.15) is 0 Å². The lowest BCUT2D eigenvalue weighted by atomic mass is 10.0. The van der Waals surface area contributed by atoms with E-state index in [-0.39, 0.29) is 17.9 Å². The third-order valence-corrected chi connectivity index (χ3v) is 3.87. The number of rotatable bonds is 4. The van der Waals surface area contributed by atoms with E-state index in [2.05, 4.69) is 25.8 Å². The fourth-order valence-corrected chi connectivity index (χ4v) is 2.19. The monoisotopic (exact) mass is 241 g/mol. The summed E-state index contributed by atoms with van der Waals surface area (Å²) in [6.07, 6.45) is 1.06. The van der Waals surface area contributed by atoms with Crippen LogP contribution in [0.1, 0.15) is 34.1 Å². The average Bonchev–Trinajstić information content (AvgIpc) is 2.74. The van der Waals surface area contributed by atoms with Crippen LogP contribution in [0.3, 0.4) is 0 Å². The van der Waals surface area contributed by atoms with Crippen molar-refractivity contribution in [3.05, 3.63) is 0 Å². The second-order valence-electron chi connectivity index (χ2n) is 5.76. The van der Waals surface area contributed by atoms with Gasteiger partial charge in [-0.3, -0.25) is 9.69 Å². The van der Waals surface area contributed by atoms with Crippen LogP contribution >= 0.6 is 0 Å². The van der Waals surface area contributed by atoms with E-state index in [1.165, 1.54) is 0 Å². The van der Waals surface area contributed by atoms with Crippen LogP contribution in [0, 0.1) is 5.92 Å². The Morgan fingerprint density at radius 2 is 1.94 bits per heavy atom. The molecule has 0 saturated carbocycles. The zero-order valence-corrected chi connectivity index (χ0v) is 11.8. The van der Waals surface area contributed by atoms with Gasteiger partial charge in [0.2, 0.25) is 5.91 Å². The molecule has 1 saturated heterocycles. The van der Waals surface area contributed by atoms with E-state index in [4.69, 9.17) is 5.73 Å². The van der Waals surface area contributed by atoms with E-state index in [0.717, 1.165) is 19.5 Å². The molecule has 0 bridgehead atoms. The van der Waals surface area contributed by atoms with Gasteiger partial charge in [0.15, 0.2) is 0 Å². The van der Waals surface area contributed by atoms with Crippen molar-refractivity contribution >= 4 is 5.91 Å². The van der Waals surface area contributed by atoms with Gasteiger partial charge in [0, 0.05) is 25.2 Å². The molecule has 4 heteroatoms. The minimum atomic E-state index is -0.349. The van der Waals surface area contributed by atoms with E-state index in [9.17, 15) is 4.79 Å². The van der Waals surface area contributed by atoms with Crippen LogP contribution < -0.4 is 5.73 Å². The van der Waals surface area contributed by atoms with E-state index in [0.29, 0.717) is 12.1 Å². The van der Waals surface area contributed by atoms with Gasteiger partial charge in [-0.05, 0) is 33.2 Å². The molecule has 0 aromatic carbocycles. The highest BCUT2D eigenvalue weighted by atomic mass is 16.2. The first-order valence-corrected chi connectivity index (χ1v) is 6.61. The predicted octanol–water partition coefficient (Wildman–Crippen LogP) is 0.911. The highest BCUT2D eigenvalue weighted by Gasteiger charge is 2.32. The van der Waals surface area contributed by atoms with Crippen molar-refractivity contribution in [3.8, 4) is 0 Å². The zero-order chi connectivity index (χ0) is 13.2. The first-order chi connectivity index (χ1) is 7.84. The van der Waals surface area contributed by atoms with Gasteiger partial charge in [-0.25, -0.2) is 0 Å². The molecule has 0 aliphatic carbocycles. The van der Waals surface area contributed by atoms with Crippen molar-refractivity contribution in [2.45, 2.75) is 52.2 Å². The minimum absolute atomic E-state index is 0.111. The van der Waals surface area contributed by atoms with Gasteiger partial charge >= 0.3 is 0 Å². The van der Waals surface area contributed by atoms with Crippen LogP contribution in [0.25, 0.3) is 0 Å². The van der Waals surface area contributed by atoms with E-state index in [1.54, 1.807) is 0 Å². The van der Waals surface area contributed by atoms with Crippen molar-refractivity contribution in [1.82, 2.24) is 9.80 Å². The molecule has 1 amide bonds. The standard InChI is InChI=1S/C13H27N3O/c1-9(2)12(14)13(17)16-7-6-11(8-16)15(5)10(3)4/h9-12H,6-8,14H2,1-5H3/t11?,12-/m0/s1. The highest BCUT2D eigenvalue weighted by Crippen LogP contribution is 2.18. The van der Waals surface area contributed by atoms with Gasteiger partial charge in [-0.1, -0.05) is 13.8 Å². The molecule has 1 aliphatic rings. The molecule has 17 heavy (non-hydrogen) atoms. The second-order valence-corrected chi connectivity index (χ2v) is 5.76. The Balaban J connectivity index is 2.53. The van der Waals surface area contributed by atoms with Gasteiger partial charge in [-0.15, -0.1) is 0 Å². The Bertz CT molecular complexity index is 265. The van der Waals surface area contributed by atoms with Gasteiger partial charge in [0.25, 0.3) is 0 Å². The maximum absolute atomic E-state index is 12.1. The Hall–Kier alpha value is -0.610. The van der Waals surface area contributed by atoms with Gasteiger partial charge < -0.3 is 10.6 Å². The molecule has 1 rings (SSSR count). The number of likely N-dealkylation sites (tertiary alicyclic amines) is 1. The summed E-state index contributed by atoms with van der Waals surface area (Å²) in [6, 6.07) is 0.658. The quantitative estimate of drug-likeness (QED) is 0.796. The summed E-state index contributed by atoms with van der Waals surface area (Å²) in [5.74, 6) is 0.323. The van der Waals surface area contributed by atoms with Crippen molar-refractivity contribution < 1.29 is 4.79 Å². The molecular weight excluding hydrogens is 214 g/mol. The number of hydrogen-bond acceptors (Lipinski definition) is 3. The molecule has 100 valence electrons. The van der Waals surface area contributed by atoms with Crippen LogP contribution in [0.5, 0.6) is 0 Å². The molecule has 2 N–H and O–H groups in total. The maximum atomic E-state index is 12.1. The molecule has 4 nitrogen and oxygen atoms in total. The fourth-order valence-electron chi connectivity index (χ4n) is 2.19. The van der Waals surface area contributed by atoms with E-state index in [1.807, 2.05) is 18.7 Å². The highest BCUT2D eigenvalue weighted by molar-refractivity contribution is 5.82. The minimum Gasteiger partial charge on any atom is -0.340 e. The smallest absolute Gasteiger partial charge is 0.239 e. The third-order valence-electron chi connectivity index (χ3n) is 3.87. The summed E-state index contributed by atoms with van der Waals surface area (Å²) in [5.41, 5.74) is 5.92. The van der Waals surface area contributed by atoms with Crippen LogP contribution in [0.2, 0.25) is 0 Å². The Morgan fingerprint density at radius 1 is 1.35 bits per heavy atom. The molecule has 1 heterocycles. The molecule has 1 aliphatic heterocycles. The number of hydrogen-bond donors (Lipinski definition) is 1.